The lowest BCUT2D eigenvalue weighted by atomic mass is 10.0. The minimum absolute atomic E-state index is 0.0364. The summed E-state index contributed by atoms with van der Waals surface area (Å²) in [5.74, 6) is -0.661. The summed E-state index contributed by atoms with van der Waals surface area (Å²) in [7, 11) is 0. The van der Waals surface area contributed by atoms with Crippen LogP contribution in [0.4, 0.5) is 5.69 Å². The number of nitrogens with one attached hydrogen (secondary N) is 2. The van der Waals surface area contributed by atoms with Crippen molar-refractivity contribution in [2.75, 3.05) is 5.32 Å². The molecule has 0 radical (unpaired) electrons. The molecular weight excluding hydrogens is 400 g/mol. The van der Waals surface area contributed by atoms with Crippen LogP contribution in [0.3, 0.4) is 0 Å². The standard InChI is InChI=1S/C24H21ClN2O3/c1-16(28)17-11-13-19(14-12-17)26-23(29)15-22(18-7-3-2-4-8-18)27-24(30)20-9-5-6-10-21(20)25/h2-14,22H,15H2,1H3,(H,26,29)(H,27,30). The minimum atomic E-state index is -0.536. The third kappa shape index (κ3) is 5.55. The molecule has 0 saturated heterocycles. The van der Waals surface area contributed by atoms with Gasteiger partial charge >= 0.3 is 0 Å². The van der Waals surface area contributed by atoms with E-state index in [4.69, 9.17) is 11.6 Å². The van der Waals surface area contributed by atoms with E-state index in [9.17, 15) is 14.4 Å². The number of amides is 2. The van der Waals surface area contributed by atoms with Crippen molar-refractivity contribution in [1.29, 1.82) is 0 Å². The summed E-state index contributed by atoms with van der Waals surface area (Å²) in [6.07, 6.45) is 0.0364. The lowest BCUT2D eigenvalue weighted by Gasteiger charge is -2.19. The Morgan fingerprint density at radius 1 is 0.867 bits per heavy atom. The number of hydrogen-bond acceptors (Lipinski definition) is 3. The number of benzene rings is 3. The first kappa shape index (κ1) is 21.3. The first-order valence-corrected chi connectivity index (χ1v) is 9.83. The summed E-state index contributed by atoms with van der Waals surface area (Å²) in [5.41, 5.74) is 2.30. The Bertz CT molecular complexity index is 1050. The third-order valence-corrected chi connectivity index (χ3v) is 4.92. The van der Waals surface area contributed by atoms with Crippen molar-refractivity contribution in [1.82, 2.24) is 5.32 Å². The van der Waals surface area contributed by atoms with E-state index in [1.165, 1.54) is 6.92 Å². The maximum Gasteiger partial charge on any atom is 0.253 e. The molecule has 3 aromatic rings. The Morgan fingerprint density at radius 2 is 1.50 bits per heavy atom. The fourth-order valence-corrected chi connectivity index (χ4v) is 3.23. The van der Waals surface area contributed by atoms with Gasteiger partial charge < -0.3 is 10.6 Å². The van der Waals surface area contributed by atoms with E-state index in [1.807, 2.05) is 30.3 Å². The zero-order chi connectivity index (χ0) is 21.5. The molecule has 1 unspecified atom stereocenters. The maximum absolute atomic E-state index is 12.7. The molecule has 0 aliphatic carbocycles. The predicted molar refractivity (Wildman–Crippen MR) is 118 cm³/mol. The molecule has 5 nitrogen and oxygen atoms in total. The second-order valence-electron chi connectivity index (χ2n) is 6.80. The molecule has 30 heavy (non-hydrogen) atoms. The molecule has 0 saturated carbocycles. The highest BCUT2D eigenvalue weighted by Crippen LogP contribution is 2.21. The summed E-state index contributed by atoms with van der Waals surface area (Å²) in [6, 6.07) is 22.2. The van der Waals surface area contributed by atoms with Gasteiger partial charge in [-0.25, -0.2) is 0 Å². The lowest BCUT2D eigenvalue weighted by Crippen LogP contribution is -2.31. The highest BCUT2D eigenvalue weighted by Gasteiger charge is 2.20. The average molecular weight is 421 g/mol. The van der Waals surface area contributed by atoms with E-state index in [0.717, 1.165) is 5.56 Å². The van der Waals surface area contributed by atoms with Crippen LogP contribution in [0.15, 0.2) is 78.9 Å². The molecular formula is C24H21ClN2O3. The van der Waals surface area contributed by atoms with E-state index in [-0.39, 0.29) is 24.0 Å². The zero-order valence-corrected chi connectivity index (χ0v) is 17.1. The molecule has 0 aliphatic heterocycles. The van der Waals surface area contributed by atoms with Gasteiger partial charge in [0, 0.05) is 11.3 Å². The molecule has 0 spiro atoms. The van der Waals surface area contributed by atoms with Gasteiger partial charge in [-0.15, -0.1) is 0 Å². The van der Waals surface area contributed by atoms with E-state index in [2.05, 4.69) is 10.6 Å². The lowest BCUT2D eigenvalue weighted by molar-refractivity contribution is -0.116. The predicted octanol–water partition coefficient (Wildman–Crippen LogP) is 5.04. The van der Waals surface area contributed by atoms with Crippen LogP contribution in [0.1, 0.15) is 45.7 Å². The summed E-state index contributed by atoms with van der Waals surface area (Å²) >= 11 is 6.13. The van der Waals surface area contributed by atoms with Crippen LogP contribution >= 0.6 is 11.6 Å². The number of carbonyl (C=O) groups excluding carboxylic acids is 3. The number of anilines is 1. The van der Waals surface area contributed by atoms with Crippen LogP contribution in [0, 0.1) is 0 Å². The molecule has 1 atom stereocenters. The van der Waals surface area contributed by atoms with E-state index in [1.54, 1.807) is 48.5 Å². The fourth-order valence-electron chi connectivity index (χ4n) is 3.00. The van der Waals surface area contributed by atoms with Crippen molar-refractivity contribution >= 4 is 34.9 Å². The molecule has 0 bridgehead atoms. The number of rotatable bonds is 7. The van der Waals surface area contributed by atoms with Gasteiger partial charge in [0.1, 0.15) is 0 Å². The number of ketones is 1. The first-order valence-electron chi connectivity index (χ1n) is 9.45. The van der Waals surface area contributed by atoms with Gasteiger partial charge in [0.15, 0.2) is 5.78 Å². The number of halogens is 1. The Labute approximate surface area is 180 Å². The van der Waals surface area contributed by atoms with Gasteiger partial charge in [-0.05, 0) is 48.9 Å². The minimum Gasteiger partial charge on any atom is -0.345 e. The van der Waals surface area contributed by atoms with Gasteiger partial charge in [-0.1, -0.05) is 54.1 Å². The van der Waals surface area contributed by atoms with Crippen molar-refractivity contribution in [3.63, 3.8) is 0 Å². The van der Waals surface area contributed by atoms with Crippen molar-refractivity contribution in [3.05, 3.63) is 101 Å². The van der Waals surface area contributed by atoms with Crippen LogP contribution in [-0.4, -0.2) is 17.6 Å². The maximum atomic E-state index is 12.7. The van der Waals surface area contributed by atoms with Gasteiger partial charge in [-0.2, -0.15) is 0 Å². The van der Waals surface area contributed by atoms with Gasteiger partial charge in [0.2, 0.25) is 5.91 Å². The second-order valence-corrected chi connectivity index (χ2v) is 7.21. The summed E-state index contributed by atoms with van der Waals surface area (Å²) in [4.78, 5) is 36.8. The van der Waals surface area contributed by atoms with Gasteiger partial charge in [0.25, 0.3) is 5.91 Å². The zero-order valence-electron chi connectivity index (χ0n) is 16.4. The van der Waals surface area contributed by atoms with Crippen molar-refractivity contribution < 1.29 is 14.4 Å². The van der Waals surface area contributed by atoms with Crippen LogP contribution < -0.4 is 10.6 Å². The molecule has 6 heteroatoms. The van der Waals surface area contributed by atoms with Gasteiger partial charge in [0.05, 0.1) is 23.0 Å². The summed E-state index contributed by atoms with van der Waals surface area (Å²) in [6.45, 7) is 1.49. The van der Waals surface area contributed by atoms with Crippen molar-refractivity contribution in [3.8, 4) is 0 Å². The second kappa shape index (κ2) is 9.85. The SMILES string of the molecule is CC(=O)c1ccc(NC(=O)CC(NC(=O)c2ccccc2Cl)c2ccccc2)cc1. The highest BCUT2D eigenvalue weighted by molar-refractivity contribution is 6.33. The molecule has 152 valence electrons. The van der Waals surface area contributed by atoms with E-state index in [0.29, 0.717) is 21.8 Å². The van der Waals surface area contributed by atoms with Crippen LogP contribution in [0.25, 0.3) is 0 Å². The monoisotopic (exact) mass is 420 g/mol. The molecule has 0 aliphatic rings. The van der Waals surface area contributed by atoms with E-state index >= 15 is 0 Å². The summed E-state index contributed by atoms with van der Waals surface area (Å²) in [5, 5.41) is 6.05. The molecule has 2 N–H and O–H groups in total. The third-order valence-electron chi connectivity index (χ3n) is 4.59. The Hall–Kier alpha value is -3.44. The van der Waals surface area contributed by atoms with Crippen LogP contribution in [0.5, 0.6) is 0 Å². The normalized spacial score (nSPS) is 11.4. The highest BCUT2D eigenvalue weighted by atomic mass is 35.5. The molecule has 2 amide bonds. The van der Waals surface area contributed by atoms with Crippen molar-refractivity contribution in [2.45, 2.75) is 19.4 Å². The molecule has 0 fully saturated rings. The number of Topliss-reactive ketones (excluding diaryl/α,β-unsaturated/α-hetero) is 1. The largest absolute Gasteiger partial charge is 0.345 e. The first-order chi connectivity index (χ1) is 14.4. The number of hydrogen-bond donors (Lipinski definition) is 2. The van der Waals surface area contributed by atoms with Crippen LogP contribution in [-0.2, 0) is 4.79 Å². The molecule has 3 rings (SSSR count). The topological polar surface area (TPSA) is 75.3 Å². The van der Waals surface area contributed by atoms with Crippen LogP contribution in [0.2, 0.25) is 5.02 Å². The van der Waals surface area contributed by atoms with E-state index < -0.39 is 6.04 Å². The molecule has 3 aromatic carbocycles. The molecule has 0 aromatic heterocycles. The Balaban J connectivity index is 1.74. The summed E-state index contributed by atoms with van der Waals surface area (Å²) < 4.78 is 0. The quantitative estimate of drug-likeness (QED) is 0.525. The Kier molecular flexibility index (Phi) is 6.99. The number of carbonyl (C=O) groups is 3. The smallest absolute Gasteiger partial charge is 0.253 e. The Morgan fingerprint density at radius 3 is 2.13 bits per heavy atom. The fraction of sp³-hybridized carbons (Fsp3) is 0.125. The molecule has 0 heterocycles. The van der Waals surface area contributed by atoms with Gasteiger partial charge in [-0.3, -0.25) is 14.4 Å². The van der Waals surface area contributed by atoms with Crippen molar-refractivity contribution in [2.24, 2.45) is 0 Å². The average Bonchev–Trinajstić information content (AvgIpc) is 2.74.